The van der Waals surface area contributed by atoms with E-state index in [4.69, 9.17) is 18.0 Å². The first-order chi connectivity index (χ1) is 9.41. The molecular weight excluding hydrogens is 291 g/mol. The summed E-state index contributed by atoms with van der Waals surface area (Å²) in [4.78, 5) is 7.82. The van der Waals surface area contributed by atoms with Crippen LogP contribution in [0.2, 0.25) is 5.02 Å². The highest BCUT2D eigenvalue weighted by molar-refractivity contribution is 6.33. The fourth-order valence-electron chi connectivity index (χ4n) is 2.07. The van der Waals surface area contributed by atoms with Crippen LogP contribution in [0.3, 0.4) is 0 Å². The monoisotopic (exact) mass is 303 g/mol. The van der Waals surface area contributed by atoms with E-state index in [1.54, 1.807) is 0 Å². The molecule has 3 nitrogen and oxygen atoms in total. The number of piperazine rings is 1. The second-order valence-electron chi connectivity index (χ2n) is 4.49. The molecular formula is C13H13ClF3N3. The van der Waals surface area contributed by atoms with E-state index in [1.165, 1.54) is 0 Å². The average molecular weight is 304 g/mol. The zero-order valence-corrected chi connectivity index (χ0v) is 11.4. The molecule has 0 spiro atoms. The number of anilines is 1. The SMILES string of the molecule is C#CCN1CCN(c2ncc(C(F)(F)F)cc2Cl)CC1. The highest BCUT2D eigenvalue weighted by Crippen LogP contribution is 2.33. The third-order valence-corrected chi connectivity index (χ3v) is 3.41. The molecule has 1 saturated heterocycles. The zero-order valence-electron chi connectivity index (χ0n) is 10.6. The smallest absolute Gasteiger partial charge is 0.353 e. The molecule has 1 aromatic heterocycles. The van der Waals surface area contributed by atoms with Gasteiger partial charge in [-0.15, -0.1) is 6.42 Å². The third kappa shape index (κ3) is 3.35. The Morgan fingerprint density at radius 3 is 2.45 bits per heavy atom. The Labute approximate surface area is 120 Å². The fourth-order valence-corrected chi connectivity index (χ4v) is 2.35. The molecule has 1 aliphatic rings. The van der Waals surface area contributed by atoms with Crippen LogP contribution in [0.25, 0.3) is 0 Å². The van der Waals surface area contributed by atoms with Crippen LogP contribution in [-0.4, -0.2) is 42.6 Å². The van der Waals surface area contributed by atoms with E-state index in [9.17, 15) is 13.2 Å². The minimum Gasteiger partial charge on any atom is -0.353 e. The summed E-state index contributed by atoms with van der Waals surface area (Å²) < 4.78 is 37.6. The van der Waals surface area contributed by atoms with Crippen molar-refractivity contribution >= 4 is 17.4 Å². The molecule has 1 aromatic rings. The number of nitrogens with zero attached hydrogens (tertiary/aromatic N) is 3. The summed E-state index contributed by atoms with van der Waals surface area (Å²) >= 11 is 5.92. The summed E-state index contributed by atoms with van der Waals surface area (Å²) in [5.74, 6) is 2.96. The summed E-state index contributed by atoms with van der Waals surface area (Å²) in [6, 6.07) is 0.914. The van der Waals surface area contributed by atoms with Crippen LogP contribution in [0.15, 0.2) is 12.3 Å². The number of aromatic nitrogens is 1. The first-order valence-electron chi connectivity index (χ1n) is 6.05. The third-order valence-electron chi connectivity index (χ3n) is 3.14. The van der Waals surface area contributed by atoms with E-state index in [2.05, 4.69) is 15.8 Å². The molecule has 0 amide bonds. The second kappa shape index (κ2) is 5.90. The van der Waals surface area contributed by atoms with E-state index in [0.29, 0.717) is 25.5 Å². The van der Waals surface area contributed by atoms with Crippen molar-refractivity contribution in [2.24, 2.45) is 0 Å². The summed E-state index contributed by atoms with van der Waals surface area (Å²) in [6.07, 6.45) is 1.63. The van der Waals surface area contributed by atoms with Crippen LogP contribution >= 0.6 is 11.6 Å². The average Bonchev–Trinajstić information content (AvgIpc) is 2.39. The Morgan fingerprint density at radius 2 is 1.95 bits per heavy atom. The standard InChI is InChI=1S/C13H13ClF3N3/c1-2-3-19-4-6-20(7-5-19)12-11(14)8-10(9-18-12)13(15,16)17/h1,8-9H,3-7H2. The van der Waals surface area contributed by atoms with Crippen LogP contribution < -0.4 is 4.90 Å². The predicted molar refractivity (Wildman–Crippen MR) is 71.7 cm³/mol. The molecule has 2 rings (SSSR count). The maximum atomic E-state index is 12.5. The van der Waals surface area contributed by atoms with Gasteiger partial charge in [0.25, 0.3) is 0 Å². The van der Waals surface area contributed by atoms with Crippen molar-refractivity contribution in [3.63, 3.8) is 0 Å². The lowest BCUT2D eigenvalue weighted by Crippen LogP contribution is -2.46. The largest absolute Gasteiger partial charge is 0.417 e. The highest BCUT2D eigenvalue weighted by atomic mass is 35.5. The summed E-state index contributed by atoms with van der Waals surface area (Å²) in [5, 5.41) is 0.0187. The molecule has 0 aromatic carbocycles. The highest BCUT2D eigenvalue weighted by Gasteiger charge is 2.32. The van der Waals surface area contributed by atoms with Gasteiger partial charge >= 0.3 is 6.18 Å². The van der Waals surface area contributed by atoms with Crippen molar-refractivity contribution in [2.45, 2.75) is 6.18 Å². The van der Waals surface area contributed by atoms with Gasteiger partial charge < -0.3 is 4.90 Å². The van der Waals surface area contributed by atoms with Gasteiger partial charge in [-0.1, -0.05) is 17.5 Å². The maximum absolute atomic E-state index is 12.5. The number of hydrogen-bond acceptors (Lipinski definition) is 3. The molecule has 0 unspecified atom stereocenters. The Balaban J connectivity index is 2.10. The van der Waals surface area contributed by atoms with E-state index < -0.39 is 11.7 Å². The molecule has 0 N–H and O–H groups in total. The topological polar surface area (TPSA) is 19.4 Å². The van der Waals surface area contributed by atoms with Crippen molar-refractivity contribution < 1.29 is 13.2 Å². The molecule has 7 heteroatoms. The van der Waals surface area contributed by atoms with Crippen molar-refractivity contribution in [3.8, 4) is 12.3 Å². The number of hydrogen-bond donors (Lipinski definition) is 0. The molecule has 2 heterocycles. The quantitative estimate of drug-likeness (QED) is 0.783. The summed E-state index contributed by atoms with van der Waals surface area (Å²) in [7, 11) is 0. The van der Waals surface area contributed by atoms with Crippen LogP contribution in [0.5, 0.6) is 0 Å². The van der Waals surface area contributed by atoms with Crippen LogP contribution in [0.4, 0.5) is 19.0 Å². The van der Waals surface area contributed by atoms with Gasteiger partial charge in [-0.3, -0.25) is 4.90 Å². The van der Waals surface area contributed by atoms with Crippen LogP contribution in [0, 0.1) is 12.3 Å². The Kier molecular flexibility index (Phi) is 4.41. The minimum absolute atomic E-state index is 0.0187. The first kappa shape index (κ1) is 14.9. The van der Waals surface area contributed by atoms with E-state index >= 15 is 0 Å². The lowest BCUT2D eigenvalue weighted by Gasteiger charge is -2.34. The molecule has 20 heavy (non-hydrogen) atoms. The van der Waals surface area contributed by atoms with E-state index in [0.717, 1.165) is 25.4 Å². The van der Waals surface area contributed by atoms with Crippen LogP contribution in [0.1, 0.15) is 5.56 Å². The number of halogens is 4. The molecule has 108 valence electrons. The van der Waals surface area contributed by atoms with Gasteiger partial charge in [0.15, 0.2) is 0 Å². The minimum atomic E-state index is -4.43. The maximum Gasteiger partial charge on any atom is 0.417 e. The number of terminal acetylenes is 1. The van der Waals surface area contributed by atoms with Gasteiger partial charge in [0, 0.05) is 32.4 Å². The Bertz CT molecular complexity index is 517. The van der Waals surface area contributed by atoms with Gasteiger partial charge in [-0.25, -0.2) is 4.98 Å². The van der Waals surface area contributed by atoms with Gasteiger partial charge in [0.05, 0.1) is 17.1 Å². The zero-order chi connectivity index (χ0) is 14.8. The van der Waals surface area contributed by atoms with Gasteiger partial charge in [0.1, 0.15) is 5.82 Å². The van der Waals surface area contributed by atoms with Gasteiger partial charge in [-0.2, -0.15) is 13.2 Å². The lowest BCUT2D eigenvalue weighted by molar-refractivity contribution is -0.137. The van der Waals surface area contributed by atoms with Crippen molar-refractivity contribution in [2.75, 3.05) is 37.6 Å². The van der Waals surface area contributed by atoms with E-state index in [-0.39, 0.29) is 5.02 Å². The fraction of sp³-hybridized carbons (Fsp3) is 0.462. The summed E-state index contributed by atoms with van der Waals surface area (Å²) in [6.45, 7) is 3.33. The first-order valence-corrected chi connectivity index (χ1v) is 6.43. The Hall–Kier alpha value is -1.45. The van der Waals surface area contributed by atoms with Crippen LogP contribution in [-0.2, 0) is 6.18 Å². The van der Waals surface area contributed by atoms with Gasteiger partial charge in [-0.05, 0) is 6.07 Å². The van der Waals surface area contributed by atoms with Crippen molar-refractivity contribution in [3.05, 3.63) is 22.8 Å². The lowest BCUT2D eigenvalue weighted by atomic mass is 10.2. The number of rotatable bonds is 2. The molecule has 1 aliphatic heterocycles. The van der Waals surface area contributed by atoms with Crippen molar-refractivity contribution in [1.82, 2.24) is 9.88 Å². The molecule has 0 aliphatic carbocycles. The van der Waals surface area contributed by atoms with Gasteiger partial charge in [0.2, 0.25) is 0 Å². The normalized spacial score (nSPS) is 17.1. The number of alkyl halides is 3. The second-order valence-corrected chi connectivity index (χ2v) is 4.90. The number of pyridine rings is 1. The molecule has 1 fully saturated rings. The van der Waals surface area contributed by atoms with E-state index in [1.807, 2.05) is 4.90 Å². The molecule has 0 atom stereocenters. The molecule has 0 radical (unpaired) electrons. The molecule has 0 saturated carbocycles. The van der Waals surface area contributed by atoms with Crippen molar-refractivity contribution in [1.29, 1.82) is 0 Å². The Morgan fingerprint density at radius 1 is 1.30 bits per heavy atom. The summed E-state index contributed by atoms with van der Waals surface area (Å²) in [5.41, 5.74) is -0.836. The predicted octanol–water partition coefficient (Wildman–Crippen LogP) is 2.51. The molecule has 0 bridgehead atoms.